The van der Waals surface area contributed by atoms with Crippen molar-refractivity contribution in [3.05, 3.63) is 35.4 Å². The highest BCUT2D eigenvalue weighted by Gasteiger charge is 2.38. The minimum Gasteiger partial charge on any atom is -0.339 e. The Kier molecular flexibility index (Phi) is 4.82. The van der Waals surface area contributed by atoms with E-state index in [1.807, 2.05) is 0 Å². The van der Waals surface area contributed by atoms with Crippen LogP contribution in [-0.2, 0) is 11.2 Å². The molecule has 1 aliphatic carbocycles. The van der Waals surface area contributed by atoms with E-state index >= 15 is 0 Å². The van der Waals surface area contributed by atoms with E-state index in [0.717, 1.165) is 45.1 Å². The molecule has 1 unspecified atom stereocenters. The molecule has 3 rings (SSSR count). The topological polar surface area (TPSA) is 46.3 Å². The molecule has 1 amide bonds. The summed E-state index contributed by atoms with van der Waals surface area (Å²) in [5.74, 6) is 0.971. The average Bonchev–Trinajstić information content (AvgIpc) is 3.17. The van der Waals surface area contributed by atoms with Gasteiger partial charge in [0, 0.05) is 18.5 Å². The van der Waals surface area contributed by atoms with Gasteiger partial charge in [0.05, 0.1) is 0 Å². The Morgan fingerprint density at radius 2 is 2.05 bits per heavy atom. The second kappa shape index (κ2) is 6.82. The molecule has 2 N–H and O–H groups in total. The molecular weight excluding hydrogens is 272 g/mol. The van der Waals surface area contributed by atoms with Crippen LogP contribution in [0.2, 0.25) is 0 Å². The molecule has 2 fully saturated rings. The fraction of sp³-hybridized carbons (Fsp3) is 0.632. The van der Waals surface area contributed by atoms with Crippen molar-refractivity contribution < 1.29 is 4.79 Å². The average molecular weight is 300 g/mol. The molecular formula is C19H28N2O. The summed E-state index contributed by atoms with van der Waals surface area (Å²) in [6.45, 7) is 3.76. The summed E-state index contributed by atoms with van der Waals surface area (Å²) in [5, 5.41) is 0. The van der Waals surface area contributed by atoms with Crippen molar-refractivity contribution in [3.63, 3.8) is 0 Å². The predicted molar refractivity (Wildman–Crippen MR) is 89.5 cm³/mol. The Morgan fingerprint density at radius 1 is 1.23 bits per heavy atom. The number of hydrogen-bond acceptors (Lipinski definition) is 2. The number of benzene rings is 1. The lowest BCUT2D eigenvalue weighted by atomic mass is 9.93. The molecule has 1 saturated carbocycles. The van der Waals surface area contributed by atoms with Crippen LogP contribution in [0.1, 0.15) is 43.2 Å². The Balaban J connectivity index is 1.70. The quantitative estimate of drug-likeness (QED) is 0.929. The molecule has 1 heterocycles. The third-order valence-electron chi connectivity index (χ3n) is 5.66. The van der Waals surface area contributed by atoms with Crippen molar-refractivity contribution in [1.29, 1.82) is 0 Å². The maximum Gasteiger partial charge on any atom is 0.226 e. The highest BCUT2D eigenvalue weighted by Crippen LogP contribution is 2.34. The summed E-state index contributed by atoms with van der Waals surface area (Å²) < 4.78 is 0. The van der Waals surface area contributed by atoms with E-state index in [-0.39, 0.29) is 5.92 Å². The van der Waals surface area contributed by atoms with E-state index < -0.39 is 0 Å². The van der Waals surface area contributed by atoms with E-state index in [1.54, 1.807) is 0 Å². The van der Waals surface area contributed by atoms with Gasteiger partial charge in [-0.25, -0.2) is 0 Å². The van der Waals surface area contributed by atoms with Crippen molar-refractivity contribution in [1.82, 2.24) is 4.90 Å². The Hall–Kier alpha value is -1.35. The lowest BCUT2D eigenvalue weighted by Crippen LogP contribution is -2.42. The van der Waals surface area contributed by atoms with Crippen LogP contribution in [0.3, 0.4) is 0 Å². The van der Waals surface area contributed by atoms with Gasteiger partial charge >= 0.3 is 0 Å². The fourth-order valence-corrected chi connectivity index (χ4v) is 4.29. The minimum absolute atomic E-state index is 0.183. The predicted octanol–water partition coefficient (Wildman–Crippen LogP) is 2.90. The van der Waals surface area contributed by atoms with E-state index in [4.69, 9.17) is 5.73 Å². The van der Waals surface area contributed by atoms with Gasteiger partial charge in [0.1, 0.15) is 0 Å². The number of nitrogens with zero attached hydrogens (tertiary/aromatic N) is 1. The molecule has 0 spiro atoms. The summed E-state index contributed by atoms with van der Waals surface area (Å²) in [4.78, 5) is 15.1. The normalized spacial score (nSPS) is 28.3. The number of amides is 1. The zero-order valence-corrected chi connectivity index (χ0v) is 13.6. The molecule has 1 aromatic rings. The van der Waals surface area contributed by atoms with Crippen LogP contribution in [0.25, 0.3) is 0 Å². The largest absolute Gasteiger partial charge is 0.339 e. The molecule has 3 atom stereocenters. The minimum atomic E-state index is 0.183. The molecule has 1 aromatic carbocycles. The van der Waals surface area contributed by atoms with Crippen molar-refractivity contribution in [2.24, 2.45) is 17.6 Å². The van der Waals surface area contributed by atoms with Crippen LogP contribution in [0.4, 0.5) is 0 Å². The highest BCUT2D eigenvalue weighted by molar-refractivity contribution is 5.80. The van der Waals surface area contributed by atoms with Gasteiger partial charge < -0.3 is 10.6 Å². The van der Waals surface area contributed by atoms with E-state index in [2.05, 4.69) is 36.1 Å². The molecule has 22 heavy (non-hydrogen) atoms. The van der Waals surface area contributed by atoms with Gasteiger partial charge in [0.25, 0.3) is 0 Å². The van der Waals surface area contributed by atoms with Gasteiger partial charge in [0.2, 0.25) is 5.91 Å². The second-order valence-corrected chi connectivity index (χ2v) is 6.99. The number of likely N-dealkylation sites (tertiary alicyclic amines) is 1. The van der Waals surface area contributed by atoms with Crippen molar-refractivity contribution in [3.8, 4) is 0 Å². The maximum atomic E-state index is 13.0. The first-order valence-electron chi connectivity index (χ1n) is 8.75. The van der Waals surface area contributed by atoms with E-state index in [0.29, 0.717) is 24.4 Å². The van der Waals surface area contributed by atoms with Crippen LogP contribution in [-0.4, -0.2) is 29.9 Å². The van der Waals surface area contributed by atoms with Gasteiger partial charge in [0.15, 0.2) is 0 Å². The SMILES string of the molecule is Cc1ccccc1CC1CCCN1C(=O)[C@@H]1CCC[C@@H]1CN. The van der Waals surface area contributed by atoms with Crippen LogP contribution < -0.4 is 5.73 Å². The summed E-state index contributed by atoms with van der Waals surface area (Å²) in [6.07, 6.45) is 6.60. The first kappa shape index (κ1) is 15.5. The standard InChI is InChI=1S/C19H28N2O/c1-14-6-2-3-7-15(14)12-17-9-5-11-21(17)19(22)18-10-4-8-16(18)13-20/h2-3,6-7,16-18H,4-5,8-13,20H2,1H3/t16-,17?,18-/m1/s1. The van der Waals surface area contributed by atoms with Crippen LogP contribution in [0, 0.1) is 18.8 Å². The Morgan fingerprint density at radius 3 is 2.82 bits per heavy atom. The number of aryl methyl sites for hydroxylation is 1. The maximum absolute atomic E-state index is 13.0. The van der Waals surface area contributed by atoms with Crippen molar-refractivity contribution in [2.75, 3.05) is 13.1 Å². The zero-order chi connectivity index (χ0) is 15.5. The first-order valence-corrected chi connectivity index (χ1v) is 8.75. The fourth-order valence-electron chi connectivity index (χ4n) is 4.29. The van der Waals surface area contributed by atoms with Crippen LogP contribution in [0.5, 0.6) is 0 Å². The third-order valence-corrected chi connectivity index (χ3v) is 5.66. The lowest BCUT2D eigenvalue weighted by molar-refractivity contribution is -0.137. The highest BCUT2D eigenvalue weighted by atomic mass is 16.2. The van der Waals surface area contributed by atoms with Crippen LogP contribution >= 0.6 is 0 Å². The van der Waals surface area contributed by atoms with E-state index in [9.17, 15) is 4.79 Å². The smallest absolute Gasteiger partial charge is 0.226 e. The summed E-state index contributed by atoms with van der Waals surface area (Å²) in [6, 6.07) is 8.94. The van der Waals surface area contributed by atoms with Gasteiger partial charge in [-0.2, -0.15) is 0 Å². The molecule has 3 heteroatoms. The van der Waals surface area contributed by atoms with Crippen molar-refractivity contribution >= 4 is 5.91 Å². The molecule has 120 valence electrons. The van der Waals surface area contributed by atoms with Gasteiger partial charge in [-0.1, -0.05) is 30.7 Å². The summed E-state index contributed by atoms with van der Waals surface area (Å²) in [5.41, 5.74) is 8.59. The first-order chi connectivity index (χ1) is 10.7. The number of rotatable bonds is 4. The van der Waals surface area contributed by atoms with Gasteiger partial charge in [-0.05, 0) is 62.6 Å². The molecule has 0 bridgehead atoms. The zero-order valence-electron chi connectivity index (χ0n) is 13.6. The molecule has 1 aliphatic heterocycles. The Labute approximate surface area is 133 Å². The second-order valence-electron chi connectivity index (χ2n) is 6.99. The van der Waals surface area contributed by atoms with E-state index in [1.165, 1.54) is 11.1 Å². The molecule has 0 aromatic heterocycles. The number of carbonyl (C=O) groups excluding carboxylic acids is 1. The number of carbonyl (C=O) groups is 1. The Bertz CT molecular complexity index is 528. The summed E-state index contributed by atoms with van der Waals surface area (Å²) in [7, 11) is 0. The lowest BCUT2D eigenvalue weighted by Gasteiger charge is -2.30. The van der Waals surface area contributed by atoms with Crippen LogP contribution in [0.15, 0.2) is 24.3 Å². The summed E-state index contributed by atoms with van der Waals surface area (Å²) >= 11 is 0. The molecule has 1 saturated heterocycles. The van der Waals surface area contributed by atoms with Crippen molar-refractivity contribution in [2.45, 2.75) is 51.5 Å². The van der Waals surface area contributed by atoms with Gasteiger partial charge in [-0.15, -0.1) is 0 Å². The number of nitrogens with two attached hydrogens (primary N) is 1. The molecule has 0 radical (unpaired) electrons. The number of hydrogen-bond donors (Lipinski definition) is 1. The molecule has 3 nitrogen and oxygen atoms in total. The monoisotopic (exact) mass is 300 g/mol. The third kappa shape index (κ3) is 3.05. The van der Waals surface area contributed by atoms with Gasteiger partial charge in [-0.3, -0.25) is 4.79 Å². The molecule has 2 aliphatic rings.